The van der Waals surface area contributed by atoms with Crippen molar-refractivity contribution in [2.24, 2.45) is 0 Å². The average Bonchev–Trinajstić information content (AvgIpc) is 2.72. The van der Waals surface area contributed by atoms with Crippen LogP contribution in [0.2, 0.25) is 0 Å². The quantitative estimate of drug-likeness (QED) is 0.750. The summed E-state index contributed by atoms with van der Waals surface area (Å²) in [6.45, 7) is 6.66. The van der Waals surface area contributed by atoms with Crippen LogP contribution in [0, 0.1) is 0 Å². The van der Waals surface area contributed by atoms with E-state index in [1.54, 1.807) is 12.4 Å². The van der Waals surface area contributed by atoms with Gasteiger partial charge >= 0.3 is 0 Å². The number of fused-ring (bicyclic) bond motifs is 1. The van der Waals surface area contributed by atoms with Gasteiger partial charge in [-0.25, -0.2) is 0 Å². The Morgan fingerprint density at radius 1 is 1.47 bits per heavy atom. The van der Waals surface area contributed by atoms with E-state index >= 15 is 0 Å². The Bertz CT molecular complexity index is 500. The number of H-pyrrole nitrogens is 1. The highest BCUT2D eigenvalue weighted by molar-refractivity contribution is 5.80. The van der Waals surface area contributed by atoms with Crippen molar-refractivity contribution in [1.82, 2.24) is 20.5 Å². The van der Waals surface area contributed by atoms with Crippen LogP contribution in [0.5, 0.6) is 0 Å². The number of aliphatic hydroxyl groups is 1. The van der Waals surface area contributed by atoms with Crippen LogP contribution in [0.15, 0.2) is 18.5 Å². The largest absolute Gasteiger partial charge is 0.385 e. The molecule has 0 saturated heterocycles. The van der Waals surface area contributed by atoms with E-state index in [9.17, 15) is 5.11 Å². The Hall–Kier alpha value is -1.46. The molecule has 2 rings (SSSR count). The van der Waals surface area contributed by atoms with Gasteiger partial charge in [0.2, 0.25) is 0 Å². The molecular formula is C12H18N4O. The molecule has 2 heterocycles. The predicted molar refractivity (Wildman–Crippen MR) is 66.6 cm³/mol. The van der Waals surface area contributed by atoms with E-state index in [0.717, 1.165) is 10.9 Å². The minimum absolute atomic E-state index is 0.0225. The van der Waals surface area contributed by atoms with Gasteiger partial charge in [-0.05, 0) is 26.8 Å². The summed E-state index contributed by atoms with van der Waals surface area (Å²) in [5.41, 5.74) is 1.53. The fraction of sp³-hybridized carbons (Fsp3) is 0.500. The predicted octanol–water partition coefficient (Wildman–Crippen LogP) is 1.38. The highest BCUT2D eigenvalue weighted by atomic mass is 16.3. The van der Waals surface area contributed by atoms with Gasteiger partial charge in [-0.15, -0.1) is 0 Å². The number of nitrogens with zero attached hydrogens (tertiary/aromatic N) is 2. The summed E-state index contributed by atoms with van der Waals surface area (Å²) in [6, 6.07) is 1.84. The highest BCUT2D eigenvalue weighted by Crippen LogP contribution is 2.20. The number of nitrogens with one attached hydrogen (secondary N) is 2. The summed E-state index contributed by atoms with van der Waals surface area (Å²) in [4.78, 5) is 4.23. The van der Waals surface area contributed by atoms with Crippen molar-refractivity contribution in [3.63, 3.8) is 0 Å². The molecule has 0 saturated carbocycles. The Balaban J connectivity index is 2.19. The first-order chi connectivity index (χ1) is 7.97. The van der Waals surface area contributed by atoms with E-state index in [1.807, 2.05) is 6.07 Å². The smallest absolute Gasteiger partial charge is 0.109 e. The number of hydrogen-bond donors (Lipinski definition) is 3. The number of β-amino-alcohol motifs (C(OH)–C–C–N with tert-alkyl or cyclic N) is 1. The van der Waals surface area contributed by atoms with Gasteiger partial charge in [0.05, 0.1) is 17.4 Å². The first-order valence-corrected chi connectivity index (χ1v) is 5.68. The Morgan fingerprint density at radius 3 is 2.94 bits per heavy atom. The van der Waals surface area contributed by atoms with Crippen LogP contribution in [-0.2, 0) is 0 Å². The average molecular weight is 234 g/mol. The van der Waals surface area contributed by atoms with E-state index in [1.165, 1.54) is 0 Å². The van der Waals surface area contributed by atoms with Gasteiger partial charge in [-0.3, -0.25) is 10.1 Å². The summed E-state index contributed by atoms with van der Waals surface area (Å²) in [5.74, 6) is 0. The SMILES string of the molecule is CC(C)(C)NC[C@@H](O)c1nccc2[nH]ncc12. The normalized spacial score (nSPS) is 14.1. The monoisotopic (exact) mass is 234 g/mol. The van der Waals surface area contributed by atoms with Gasteiger partial charge in [0.1, 0.15) is 6.10 Å². The fourth-order valence-electron chi connectivity index (χ4n) is 1.65. The second-order valence-electron chi connectivity index (χ2n) is 5.17. The second kappa shape index (κ2) is 4.43. The van der Waals surface area contributed by atoms with Gasteiger partial charge < -0.3 is 10.4 Å². The molecule has 2 aromatic rings. The standard InChI is InChI=1S/C12H18N4O/c1-12(2,3)14-7-10(17)11-8-6-15-16-9(8)4-5-13-11/h4-6,10,14,17H,7H2,1-3H3,(H,15,16)/t10-/m1/s1. The summed E-state index contributed by atoms with van der Waals surface area (Å²) < 4.78 is 0. The molecular weight excluding hydrogens is 216 g/mol. The highest BCUT2D eigenvalue weighted by Gasteiger charge is 2.17. The third kappa shape index (κ3) is 2.81. The lowest BCUT2D eigenvalue weighted by atomic mass is 10.1. The molecule has 0 fully saturated rings. The van der Waals surface area contributed by atoms with Crippen LogP contribution >= 0.6 is 0 Å². The second-order valence-corrected chi connectivity index (χ2v) is 5.17. The first kappa shape index (κ1) is 12.0. The molecule has 0 radical (unpaired) electrons. The van der Waals surface area contributed by atoms with Crippen LogP contribution in [0.4, 0.5) is 0 Å². The number of hydrogen-bond acceptors (Lipinski definition) is 4. The lowest BCUT2D eigenvalue weighted by Crippen LogP contribution is -2.38. The van der Waals surface area contributed by atoms with Crippen molar-refractivity contribution in [3.8, 4) is 0 Å². The molecule has 0 aromatic carbocycles. The zero-order valence-corrected chi connectivity index (χ0v) is 10.4. The molecule has 3 N–H and O–H groups in total. The third-order valence-electron chi connectivity index (χ3n) is 2.54. The topological polar surface area (TPSA) is 73.8 Å². The number of rotatable bonds is 3. The molecule has 0 amide bonds. The molecule has 2 aromatic heterocycles. The fourth-order valence-corrected chi connectivity index (χ4v) is 1.65. The molecule has 5 heteroatoms. The molecule has 0 bridgehead atoms. The third-order valence-corrected chi connectivity index (χ3v) is 2.54. The van der Waals surface area contributed by atoms with Gasteiger partial charge in [-0.2, -0.15) is 5.10 Å². The summed E-state index contributed by atoms with van der Waals surface area (Å²) in [5, 5.41) is 21.1. The van der Waals surface area contributed by atoms with Crippen LogP contribution in [0.25, 0.3) is 10.9 Å². The summed E-state index contributed by atoms with van der Waals surface area (Å²) >= 11 is 0. The molecule has 0 spiro atoms. The molecule has 0 unspecified atom stereocenters. The maximum absolute atomic E-state index is 10.1. The number of aromatic amines is 1. The minimum Gasteiger partial charge on any atom is -0.385 e. The molecule has 17 heavy (non-hydrogen) atoms. The number of pyridine rings is 1. The molecule has 0 aliphatic carbocycles. The summed E-state index contributed by atoms with van der Waals surface area (Å²) in [7, 11) is 0. The Morgan fingerprint density at radius 2 is 2.24 bits per heavy atom. The van der Waals surface area contributed by atoms with Crippen molar-refractivity contribution < 1.29 is 5.11 Å². The van der Waals surface area contributed by atoms with Gasteiger partial charge in [0, 0.05) is 23.7 Å². The molecule has 0 aliphatic rings. The Labute approximate surface area is 100 Å². The van der Waals surface area contributed by atoms with E-state index in [0.29, 0.717) is 12.2 Å². The van der Waals surface area contributed by atoms with Crippen molar-refractivity contribution in [1.29, 1.82) is 0 Å². The van der Waals surface area contributed by atoms with Crippen molar-refractivity contribution in [2.75, 3.05) is 6.54 Å². The van der Waals surface area contributed by atoms with E-state index in [-0.39, 0.29) is 5.54 Å². The molecule has 92 valence electrons. The summed E-state index contributed by atoms with van der Waals surface area (Å²) in [6.07, 6.45) is 2.74. The lowest BCUT2D eigenvalue weighted by Gasteiger charge is -2.22. The van der Waals surface area contributed by atoms with Crippen molar-refractivity contribution in [3.05, 3.63) is 24.2 Å². The minimum atomic E-state index is -0.629. The van der Waals surface area contributed by atoms with Crippen molar-refractivity contribution >= 4 is 10.9 Å². The van der Waals surface area contributed by atoms with Gasteiger partial charge in [-0.1, -0.05) is 0 Å². The van der Waals surface area contributed by atoms with E-state index in [2.05, 4.69) is 41.3 Å². The molecule has 5 nitrogen and oxygen atoms in total. The van der Waals surface area contributed by atoms with Crippen LogP contribution in [0.1, 0.15) is 32.6 Å². The van der Waals surface area contributed by atoms with Gasteiger partial charge in [0.15, 0.2) is 0 Å². The maximum atomic E-state index is 10.1. The van der Waals surface area contributed by atoms with E-state index in [4.69, 9.17) is 0 Å². The Kier molecular flexibility index (Phi) is 3.13. The van der Waals surface area contributed by atoms with Crippen LogP contribution in [0.3, 0.4) is 0 Å². The molecule has 1 atom stereocenters. The van der Waals surface area contributed by atoms with Crippen molar-refractivity contribution in [2.45, 2.75) is 32.4 Å². The molecule has 0 aliphatic heterocycles. The zero-order chi connectivity index (χ0) is 12.5. The maximum Gasteiger partial charge on any atom is 0.109 e. The van der Waals surface area contributed by atoms with Gasteiger partial charge in [0.25, 0.3) is 0 Å². The zero-order valence-electron chi connectivity index (χ0n) is 10.4. The van der Waals surface area contributed by atoms with Crippen LogP contribution < -0.4 is 5.32 Å². The van der Waals surface area contributed by atoms with Crippen LogP contribution in [-0.4, -0.2) is 32.4 Å². The van der Waals surface area contributed by atoms with E-state index < -0.39 is 6.10 Å². The number of aromatic nitrogens is 3. The number of aliphatic hydroxyl groups excluding tert-OH is 1. The lowest BCUT2D eigenvalue weighted by molar-refractivity contribution is 0.160. The first-order valence-electron chi connectivity index (χ1n) is 5.68.